The van der Waals surface area contributed by atoms with Crippen molar-refractivity contribution in [2.45, 2.75) is 44.6 Å². The van der Waals surface area contributed by atoms with Crippen molar-refractivity contribution in [2.75, 3.05) is 0 Å². The maximum atomic E-state index is 12.3. The van der Waals surface area contributed by atoms with E-state index in [4.69, 9.17) is 0 Å². The molecule has 4 heteroatoms. The van der Waals surface area contributed by atoms with Gasteiger partial charge in [0.1, 0.15) is 5.60 Å². The van der Waals surface area contributed by atoms with Gasteiger partial charge in [-0.15, -0.1) is 0 Å². The lowest BCUT2D eigenvalue weighted by Gasteiger charge is -2.30. The Morgan fingerprint density at radius 1 is 0.719 bits per heavy atom. The number of carbonyl (C=O) groups is 3. The number of benzene rings is 3. The second-order valence-corrected chi connectivity index (χ2v) is 8.54. The number of carbonyl (C=O) groups excluding carboxylic acids is 3. The zero-order valence-corrected chi connectivity index (χ0v) is 18.1. The molecule has 5 rings (SSSR count). The molecule has 0 heterocycles. The van der Waals surface area contributed by atoms with Crippen LogP contribution in [-0.2, 0) is 0 Å². The van der Waals surface area contributed by atoms with Gasteiger partial charge >= 0.3 is 0 Å². The molecule has 1 saturated carbocycles. The van der Waals surface area contributed by atoms with E-state index in [-0.39, 0.29) is 17.3 Å². The topological polar surface area (TPSA) is 71.4 Å². The van der Waals surface area contributed by atoms with Gasteiger partial charge in [0.25, 0.3) is 0 Å². The highest BCUT2D eigenvalue weighted by atomic mass is 16.3. The van der Waals surface area contributed by atoms with Gasteiger partial charge in [-0.05, 0) is 25.8 Å². The van der Waals surface area contributed by atoms with Gasteiger partial charge in [-0.1, -0.05) is 91.6 Å². The van der Waals surface area contributed by atoms with Crippen molar-refractivity contribution >= 4 is 17.3 Å². The number of aliphatic hydroxyl groups is 1. The average Bonchev–Trinajstić information content (AvgIpc) is 2.83. The molecular formula is C28H26O4. The van der Waals surface area contributed by atoms with Crippen molar-refractivity contribution in [2.24, 2.45) is 0 Å². The summed E-state index contributed by atoms with van der Waals surface area (Å²) in [4.78, 5) is 36.5. The van der Waals surface area contributed by atoms with E-state index in [2.05, 4.69) is 0 Å². The molecule has 0 unspecified atom stereocenters. The third kappa shape index (κ3) is 4.19. The largest absolute Gasteiger partial charge is 0.382 e. The molecule has 2 aliphatic rings. The minimum atomic E-state index is -1.10. The lowest BCUT2D eigenvalue weighted by molar-refractivity contribution is 0.0116. The number of aryl methyl sites for hydroxylation is 1. The van der Waals surface area contributed by atoms with Crippen LogP contribution in [-0.4, -0.2) is 28.1 Å². The summed E-state index contributed by atoms with van der Waals surface area (Å²) in [5.74, 6) is -0.225. The Hall–Kier alpha value is -3.37. The molecule has 0 aromatic heterocycles. The highest BCUT2D eigenvalue weighted by Gasteiger charge is 2.37. The van der Waals surface area contributed by atoms with Crippen molar-refractivity contribution in [1.29, 1.82) is 0 Å². The Balaban J connectivity index is 0.000000155. The normalized spacial score (nSPS) is 16.3. The van der Waals surface area contributed by atoms with Crippen LogP contribution in [0.2, 0.25) is 0 Å². The molecule has 0 radical (unpaired) electrons. The summed E-state index contributed by atoms with van der Waals surface area (Å²) in [5, 5.41) is 10.2. The van der Waals surface area contributed by atoms with Crippen LogP contribution in [0.1, 0.15) is 79.9 Å². The fraction of sp³-hybridized carbons (Fsp3) is 0.250. The van der Waals surface area contributed by atoms with Crippen LogP contribution in [0, 0.1) is 6.92 Å². The Bertz CT molecular complexity index is 1170. The van der Waals surface area contributed by atoms with Crippen LogP contribution in [0.4, 0.5) is 0 Å². The van der Waals surface area contributed by atoms with Crippen LogP contribution >= 0.6 is 0 Å². The monoisotopic (exact) mass is 426 g/mol. The van der Waals surface area contributed by atoms with Crippen molar-refractivity contribution in [3.8, 4) is 0 Å². The van der Waals surface area contributed by atoms with E-state index < -0.39 is 5.60 Å². The van der Waals surface area contributed by atoms with Gasteiger partial charge in [0.15, 0.2) is 17.3 Å². The molecule has 2 aliphatic carbocycles. The minimum absolute atomic E-state index is 0.0566. The summed E-state index contributed by atoms with van der Waals surface area (Å²) in [6.45, 7) is 1.92. The predicted molar refractivity (Wildman–Crippen MR) is 123 cm³/mol. The van der Waals surface area contributed by atoms with Crippen LogP contribution in [0.15, 0.2) is 72.8 Å². The van der Waals surface area contributed by atoms with Crippen molar-refractivity contribution in [3.63, 3.8) is 0 Å². The Kier molecular flexibility index (Phi) is 6.15. The molecule has 3 aromatic rings. The second kappa shape index (κ2) is 9.01. The molecule has 1 N–H and O–H groups in total. The number of hydrogen-bond acceptors (Lipinski definition) is 4. The summed E-state index contributed by atoms with van der Waals surface area (Å²) in [5.41, 5.74) is 2.57. The SMILES string of the molecule is Cc1ccc2c(c1)C(=O)c1ccccc1C2=O.O=C(c1ccccc1)C1(O)CCCCC1. The van der Waals surface area contributed by atoms with E-state index in [9.17, 15) is 19.5 Å². The molecule has 0 bridgehead atoms. The van der Waals surface area contributed by atoms with E-state index >= 15 is 0 Å². The number of fused-ring (bicyclic) bond motifs is 2. The number of Topliss-reactive ketones (excluding diaryl/α,β-unsaturated/α-hetero) is 1. The van der Waals surface area contributed by atoms with E-state index in [1.807, 2.05) is 31.2 Å². The van der Waals surface area contributed by atoms with E-state index in [0.717, 1.165) is 24.8 Å². The van der Waals surface area contributed by atoms with Gasteiger partial charge in [-0.2, -0.15) is 0 Å². The summed E-state index contributed by atoms with van der Waals surface area (Å²) >= 11 is 0. The fourth-order valence-electron chi connectivity index (χ4n) is 4.44. The van der Waals surface area contributed by atoms with Gasteiger partial charge in [-0.25, -0.2) is 0 Å². The summed E-state index contributed by atoms with van der Waals surface area (Å²) in [6.07, 6.45) is 4.26. The highest BCUT2D eigenvalue weighted by molar-refractivity contribution is 6.28. The molecule has 32 heavy (non-hydrogen) atoms. The van der Waals surface area contributed by atoms with E-state index in [1.165, 1.54) is 0 Å². The van der Waals surface area contributed by atoms with Crippen LogP contribution in [0.25, 0.3) is 0 Å². The maximum absolute atomic E-state index is 12.3. The molecule has 0 spiro atoms. The standard InChI is InChI=1S/C15H10O2.C13H16O2/c1-9-6-7-12-13(8-9)15(17)11-5-3-2-4-10(11)14(12)16;14-12(11-7-3-1-4-8-11)13(15)9-5-2-6-10-13/h2-8H,1H3;1,3-4,7-8,15H,2,5-6,9-10H2. The first-order valence-electron chi connectivity index (χ1n) is 11.0. The smallest absolute Gasteiger partial charge is 0.194 e. The van der Waals surface area contributed by atoms with Crippen molar-refractivity contribution in [1.82, 2.24) is 0 Å². The quantitative estimate of drug-likeness (QED) is 0.440. The first-order valence-corrected chi connectivity index (χ1v) is 11.0. The predicted octanol–water partition coefficient (Wildman–Crippen LogP) is 5.33. The Morgan fingerprint density at radius 2 is 1.25 bits per heavy atom. The summed E-state index contributed by atoms with van der Waals surface area (Å²) in [6, 6.07) is 21.4. The Morgan fingerprint density at radius 3 is 1.88 bits per heavy atom. The summed E-state index contributed by atoms with van der Waals surface area (Å²) in [7, 11) is 0. The molecule has 4 nitrogen and oxygen atoms in total. The number of rotatable bonds is 2. The zero-order chi connectivity index (χ0) is 22.7. The lowest BCUT2D eigenvalue weighted by Crippen LogP contribution is -2.40. The van der Waals surface area contributed by atoms with Gasteiger partial charge < -0.3 is 5.11 Å². The lowest BCUT2D eigenvalue weighted by atomic mass is 9.79. The molecule has 162 valence electrons. The molecule has 0 amide bonds. The fourth-order valence-corrected chi connectivity index (χ4v) is 4.44. The molecule has 0 saturated heterocycles. The van der Waals surface area contributed by atoms with Gasteiger partial charge in [0.2, 0.25) is 0 Å². The van der Waals surface area contributed by atoms with Crippen LogP contribution in [0.5, 0.6) is 0 Å². The van der Waals surface area contributed by atoms with Crippen molar-refractivity contribution in [3.05, 3.63) is 106 Å². The highest BCUT2D eigenvalue weighted by Crippen LogP contribution is 2.31. The van der Waals surface area contributed by atoms with E-state index in [0.29, 0.717) is 40.7 Å². The van der Waals surface area contributed by atoms with Crippen LogP contribution in [0.3, 0.4) is 0 Å². The first kappa shape index (κ1) is 21.8. The Labute approximate surface area is 187 Å². The molecule has 3 aromatic carbocycles. The maximum Gasteiger partial charge on any atom is 0.194 e. The molecule has 0 aliphatic heterocycles. The summed E-state index contributed by atoms with van der Waals surface area (Å²) < 4.78 is 0. The van der Waals surface area contributed by atoms with Gasteiger partial charge in [-0.3, -0.25) is 14.4 Å². The average molecular weight is 427 g/mol. The van der Waals surface area contributed by atoms with Gasteiger partial charge in [0, 0.05) is 27.8 Å². The molecule has 1 fully saturated rings. The first-order chi connectivity index (χ1) is 15.4. The zero-order valence-electron chi connectivity index (χ0n) is 18.1. The number of hydrogen-bond donors (Lipinski definition) is 1. The molecular weight excluding hydrogens is 400 g/mol. The van der Waals surface area contributed by atoms with Crippen molar-refractivity contribution < 1.29 is 19.5 Å². The number of ketones is 3. The minimum Gasteiger partial charge on any atom is -0.382 e. The second-order valence-electron chi connectivity index (χ2n) is 8.54. The third-order valence-electron chi connectivity index (χ3n) is 6.22. The van der Waals surface area contributed by atoms with Crippen LogP contribution < -0.4 is 0 Å². The molecule has 0 atom stereocenters. The third-order valence-corrected chi connectivity index (χ3v) is 6.22. The van der Waals surface area contributed by atoms with Gasteiger partial charge in [0.05, 0.1) is 0 Å². The van der Waals surface area contributed by atoms with E-state index in [1.54, 1.807) is 48.5 Å².